The Labute approximate surface area is 141 Å². The summed E-state index contributed by atoms with van der Waals surface area (Å²) in [7, 11) is -3.51. The Morgan fingerprint density at radius 2 is 2.00 bits per heavy atom. The summed E-state index contributed by atoms with van der Waals surface area (Å²) in [6.45, 7) is -0.286. The third-order valence-electron chi connectivity index (χ3n) is 4.05. The zero-order chi connectivity index (χ0) is 17.7. The summed E-state index contributed by atoms with van der Waals surface area (Å²) in [5.41, 5.74) is 0.131. The van der Waals surface area contributed by atoms with Crippen LogP contribution in [0.5, 0.6) is 0 Å². The average molecular weight is 355 g/mol. The maximum absolute atomic E-state index is 12.2. The van der Waals surface area contributed by atoms with Gasteiger partial charge in [0.25, 0.3) is 5.69 Å². The molecule has 1 aromatic rings. The molecule has 8 nitrogen and oxygen atoms in total. The molecule has 9 heteroatoms. The molecule has 0 unspecified atom stereocenters. The number of benzene rings is 1. The second-order valence-electron chi connectivity index (χ2n) is 5.96. The number of hydrogen-bond acceptors (Lipinski definition) is 5. The number of nitro benzene ring substituents is 1. The quantitative estimate of drug-likeness (QED) is 0.621. The van der Waals surface area contributed by atoms with Gasteiger partial charge < -0.3 is 5.32 Å². The molecule has 1 amide bonds. The first kappa shape index (κ1) is 18.3. The molecule has 132 valence electrons. The molecule has 1 aliphatic carbocycles. The first-order valence-corrected chi connectivity index (χ1v) is 9.63. The molecule has 0 aliphatic heterocycles. The molecule has 0 aromatic heterocycles. The molecule has 1 saturated carbocycles. The molecule has 1 fully saturated rings. The van der Waals surface area contributed by atoms with Gasteiger partial charge >= 0.3 is 0 Å². The number of nitrogens with zero attached hydrogens (tertiary/aromatic N) is 2. The summed E-state index contributed by atoms with van der Waals surface area (Å²) < 4.78 is 25.3. The highest BCUT2D eigenvalue weighted by Gasteiger charge is 2.29. The fourth-order valence-corrected chi connectivity index (χ4v) is 4.03. The Morgan fingerprint density at radius 1 is 1.33 bits per heavy atom. The molecule has 2 rings (SSSR count). The Balaban J connectivity index is 2.07. The fourth-order valence-electron chi connectivity index (χ4n) is 2.93. The minimum Gasteiger partial charge on any atom is -0.325 e. The number of carbonyl (C=O) groups is 1. The smallest absolute Gasteiger partial charge is 0.271 e. The Hall–Kier alpha value is -2.00. The summed E-state index contributed by atoms with van der Waals surface area (Å²) in [6, 6.07) is 5.38. The van der Waals surface area contributed by atoms with E-state index in [1.54, 1.807) is 0 Å². The first-order chi connectivity index (χ1) is 11.3. The maximum Gasteiger partial charge on any atom is 0.271 e. The van der Waals surface area contributed by atoms with Crippen molar-refractivity contribution in [3.05, 3.63) is 34.4 Å². The molecule has 1 aromatic carbocycles. The van der Waals surface area contributed by atoms with Gasteiger partial charge in [-0.2, -0.15) is 4.31 Å². The van der Waals surface area contributed by atoms with Crippen molar-refractivity contribution in [1.82, 2.24) is 4.31 Å². The Bertz CT molecular complexity index is 714. The summed E-state index contributed by atoms with van der Waals surface area (Å²) >= 11 is 0. The minimum absolute atomic E-state index is 0.139. The predicted octanol–water partition coefficient (Wildman–Crippen LogP) is 2.13. The lowest BCUT2D eigenvalue weighted by molar-refractivity contribution is -0.384. The number of anilines is 1. The van der Waals surface area contributed by atoms with E-state index in [2.05, 4.69) is 5.32 Å². The van der Waals surface area contributed by atoms with E-state index in [1.165, 1.54) is 28.6 Å². The molecule has 1 N–H and O–H groups in total. The standard InChI is InChI=1S/C15H21N3O5S/c1-24(22,23)17(13-7-3-2-4-8-13)11-15(19)16-12-6-5-9-14(10-12)18(20)21/h5-6,9-10,13H,2-4,7-8,11H2,1H3,(H,16,19). The van der Waals surface area contributed by atoms with Crippen LogP contribution in [0.2, 0.25) is 0 Å². The van der Waals surface area contributed by atoms with Crippen LogP contribution < -0.4 is 5.32 Å². The first-order valence-electron chi connectivity index (χ1n) is 7.78. The van der Waals surface area contributed by atoms with Crippen molar-refractivity contribution < 1.29 is 18.1 Å². The number of hydrogen-bond donors (Lipinski definition) is 1. The average Bonchev–Trinajstić information content (AvgIpc) is 2.52. The Morgan fingerprint density at radius 3 is 2.58 bits per heavy atom. The van der Waals surface area contributed by atoms with E-state index in [-0.39, 0.29) is 24.0 Å². The molecule has 0 heterocycles. The molecule has 0 atom stereocenters. The van der Waals surface area contributed by atoms with Gasteiger partial charge in [0.05, 0.1) is 17.7 Å². The van der Waals surface area contributed by atoms with E-state index >= 15 is 0 Å². The summed E-state index contributed by atoms with van der Waals surface area (Å²) in [6.07, 6.45) is 5.57. The van der Waals surface area contributed by atoms with Crippen LogP contribution in [-0.2, 0) is 14.8 Å². The van der Waals surface area contributed by atoms with Gasteiger partial charge in [0.1, 0.15) is 0 Å². The van der Waals surface area contributed by atoms with E-state index in [1.807, 2.05) is 0 Å². The van der Waals surface area contributed by atoms with E-state index in [9.17, 15) is 23.3 Å². The fraction of sp³-hybridized carbons (Fsp3) is 0.533. The second-order valence-corrected chi connectivity index (χ2v) is 7.89. The van der Waals surface area contributed by atoms with Crippen molar-refractivity contribution in [2.24, 2.45) is 0 Å². The molecule has 1 aliphatic rings. The van der Waals surface area contributed by atoms with Crippen molar-refractivity contribution in [3.63, 3.8) is 0 Å². The maximum atomic E-state index is 12.2. The van der Waals surface area contributed by atoms with Crippen LogP contribution in [0.3, 0.4) is 0 Å². The van der Waals surface area contributed by atoms with Gasteiger partial charge in [0, 0.05) is 23.9 Å². The number of nitrogens with one attached hydrogen (secondary N) is 1. The van der Waals surface area contributed by atoms with E-state index in [0.29, 0.717) is 0 Å². The number of rotatable bonds is 6. The summed E-state index contributed by atoms with van der Waals surface area (Å²) in [5, 5.41) is 13.3. The number of carbonyl (C=O) groups excluding carboxylic acids is 1. The summed E-state index contributed by atoms with van der Waals surface area (Å²) in [5.74, 6) is -0.508. The third-order valence-corrected chi connectivity index (χ3v) is 5.33. The molecule has 0 radical (unpaired) electrons. The van der Waals surface area contributed by atoms with Crippen molar-refractivity contribution in [2.45, 2.75) is 38.1 Å². The molecule has 0 bridgehead atoms. The van der Waals surface area contributed by atoms with Gasteiger partial charge in [-0.05, 0) is 18.9 Å². The topological polar surface area (TPSA) is 110 Å². The van der Waals surface area contributed by atoms with Gasteiger partial charge in [0.2, 0.25) is 15.9 Å². The van der Waals surface area contributed by atoms with E-state index in [4.69, 9.17) is 0 Å². The number of sulfonamides is 1. The highest BCUT2D eigenvalue weighted by atomic mass is 32.2. The lowest BCUT2D eigenvalue weighted by Crippen LogP contribution is -2.45. The van der Waals surface area contributed by atoms with Crippen LogP contribution in [0.4, 0.5) is 11.4 Å². The molecule has 0 saturated heterocycles. The number of nitro groups is 1. The predicted molar refractivity (Wildman–Crippen MR) is 90.1 cm³/mol. The van der Waals surface area contributed by atoms with Crippen LogP contribution in [-0.4, -0.2) is 42.4 Å². The minimum atomic E-state index is -3.51. The van der Waals surface area contributed by atoms with Crippen molar-refractivity contribution in [3.8, 4) is 0 Å². The van der Waals surface area contributed by atoms with Crippen LogP contribution in [0.1, 0.15) is 32.1 Å². The third kappa shape index (κ3) is 5.00. The van der Waals surface area contributed by atoms with Gasteiger partial charge in [-0.3, -0.25) is 14.9 Å². The molecule has 0 spiro atoms. The van der Waals surface area contributed by atoms with Crippen LogP contribution in [0, 0.1) is 10.1 Å². The van der Waals surface area contributed by atoms with Gasteiger partial charge in [-0.25, -0.2) is 8.42 Å². The zero-order valence-corrected chi connectivity index (χ0v) is 14.3. The molecular weight excluding hydrogens is 334 g/mol. The van der Waals surface area contributed by atoms with Crippen LogP contribution in [0.15, 0.2) is 24.3 Å². The highest BCUT2D eigenvalue weighted by Crippen LogP contribution is 2.24. The lowest BCUT2D eigenvalue weighted by atomic mass is 9.95. The Kier molecular flexibility index (Phi) is 5.89. The normalized spacial score (nSPS) is 16.1. The van der Waals surface area contributed by atoms with Gasteiger partial charge in [0.15, 0.2) is 0 Å². The SMILES string of the molecule is CS(=O)(=O)N(CC(=O)Nc1cccc([N+](=O)[O-])c1)C1CCCCC1. The number of amides is 1. The van der Waals surface area contributed by atoms with Crippen molar-refractivity contribution >= 4 is 27.3 Å². The number of non-ortho nitro benzene ring substituents is 1. The van der Waals surface area contributed by atoms with Gasteiger partial charge in [-0.1, -0.05) is 25.3 Å². The van der Waals surface area contributed by atoms with Crippen LogP contribution in [0.25, 0.3) is 0 Å². The molecule has 24 heavy (non-hydrogen) atoms. The monoisotopic (exact) mass is 355 g/mol. The summed E-state index contributed by atoms with van der Waals surface area (Å²) in [4.78, 5) is 22.4. The van der Waals surface area contributed by atoms with Crippen molar-refractivity contribution in [2.75, 3.05) is 18.1 Å². The lowest BCUT2D eigenvalue weighted by Gasteiger charge is -2.31. The highest BCUT2D eigenvalue weighted by molar-refractivity contribution is 7.88. The van der Waals surface area contributed by atoms with Crippen LogP contribution >= 0.6 is 0 Å². The van der Waals surface area contributed by atoms with Gasteiger partial charge in [-0.15, -0.1) is 0 Å². The largest absolute Gasteiger partial charge is 0.325 e. The zero-order valence-electron chi connectivity index (χ0n) is 13.5. The van der Waals surface area contributed by atoms with E-state index < -0.39 is 20.9 Å². The van der Waals surface area contributed by atoms with Crippen molar-refractivity contribution in [1.29, 1.82) is 0 Å². The van der Waals surface area contributed by atoms with E-state index in [0.717, 1.165) is 38.4 Å². The molecular formula is C15H21N3O5S. The second kappa shape index (κ2) is 7.71.